The molecule has 0 bridgehead atoms. The lowest BCUT2D eigenvalue weighted by Crippen LogP contribution is -2.25. The van der Waals surface area contributed by atoms with Crippen molar-refractivity contribution in [1.29, 1.82) is 0 Å². The minimum absolute atomic E-state index is 0.00162. The summed E-state index contributed by atoms with van der Waals surface area (Å²) < 4.78 is 31.9. The number of hydrogen-bond donors (Lipinski definition) is 2. The van der Waals surface area contributed by atoms with E-state index in [4.69, 9.17) is 22.7 Å². The first kappa shape index (κ1) is 15.2. The molecule has 3 N–H and O–H groups in total. The summed E-state index contributed by atoms with van der Waals surface area (Å²) in [4.78, 5) is 0.414. The van der Waals surface area contributed by atoms with Gasteiger partial charge in [0.05, 0.1) is 16.8 Å². The van der Waals surface area contributed by atoms with Gasteiger partial charge >= 0.3 is 0 Å². The summed E-state index contributed by atoms with van der Waals surface area (Å²) >= 11 is 4.83. The summed E-state index contributed by atoms with van der Waals surface area (Å²) in [5.41, 5.74) is 6.96. The molecule has 5 nitrogen and oxygen atoms in total. The predicted octanol–water partition coefficient (Wildman–Crippen LogP) is 1.44. The predicted molar refractivity (Wildman–Crippen MR) is 83.3 cm³/mol. The Morgan fingerprint density at radius 2 is 2.10 bits per heavy atom. The van der Waals surface area contributed by atoms with E-state index < -0.39 is 10.0 Å². The number of ether oxygens (including phenoxy) is 1. The molecular weight excluding hydrogens is 296 g/mol. The fourth-order valence-electron chi connectivity index (χ4n) is 2.13. The van der Waals surface area contributed by atoms with Gasteiger partial charge < -0.3 is 10.5 Å². The molecule has 110 valence electrons. The molecule has 7 heteroatoms. The highest BCUT2D eigenvalue weighted by Gasteiger charge is 2.23. The SMILES string of the molecule is NC(=S)Cc1ccc(NS(=O)(=O)CC2CCCO2)cc1. The van der Waals surface area contributed by atoms with Crippen molar-refractivity contribution in [2.24, 2.45) is 5.73 Å². The lowest BCUT2D eigenvalue weighted by atomic mass is 10.1. The van der Waals surface area contributed by atoms with Gasteiger partial charge in [-0.25, -0.2) is 8.42 Å². The third kappa shape index (κ3) is 4.73. The highest BCUT2D eigenvalue weighted by molar-refractivity contribution is 7.92. The second kappa shape index (κ2) is 6.51. The molecule has 1 fully saturated rings. The molecular formula is C13H18N2O3S2. The average Bonchev–Trinajstić information content (AvgIpc) is 2.82. The van der Waals surface area contributed by atoms with Crippen LogP contribution in [0.5, 0.6) is 0 Å². The zero-order valence-electron chi connectivity index (χ0n) is 11.0. The van der Waals surface area contributed by atoms with E-state index >= 15 is 0 Å². The lowest BCUT2D eigenvalue weighted by Gasteiger charge is -2.12. The highest BCUT2D eigenvalue weighted by Crippen LogP contribution is 2.17. The normalized spacial score (nSPS) is 18.9. The van der Waals surface area contributed by atoms with Crippen LogP contribution in [-0.2, 0) is 21.2 Å². The van der Waals surface area contributed by atoms with E-state index in [2.05, 4.69) is 4.72 Å². The molecule has 1 heterocycles. The molecule has 1 atom stereocenters. The quantitative estimate of drug-likeness (QED) is 0.777. The van der Waals surface area contributed by atoms with Crippen molar-refractivity contribution >= 4 is 32.9 Å². The van der Waals surface area contributed by atoms with Gasteiger partial charge in [-0.3, -0.25) is 4.72 Å². The Balaban J connectivity index is 1.96. The largest absolute Gasteiger partial charge is 0.393 e. The van der Waals surface area contributed by atoms with Gasteiger partial charge in [-0.2, -0.15) is 0 Å². The van der Waals surface area contributed by atoms with Crippen LogP contribution in [0.1, 0.15) is 18.4 Å². The average molecular weight is 314 g/mol. The lowest BCUT2D eigenvalue weighted by molar-refractivity contribution is 0.127. The number of hydrogen-bond acceptors (Lipinski definition) is 4. The van der Waals surface area contributed by atoms with Gasteiger partial charge in [0, 0.05) is 18.7 Å². The van der Waals surface area contributed by atoms with Crippen LogP contribution in [0, 0.1) is 0 Å². The van der Waals surface area contributed by atoms with Crippen LogP contribution in [-0.4, -0.2) is 31.9 Å². The molecule has 0 spiro atoms. The molecule has 20 heavy (non-hydrogen) atoms. The van der Waals surface area contributed by atoms with E-state index in [1.807, 2.05) is 12.1 Å². The smallest absolute Gasteiger partial charge is 0.235 e. The maximum Gasteiger partial charge on any atom is 0.235 e. The number of benzene rings is 1. The van der Waals surface area contributed by atoms with Crippen molar-refractivity contribution in [3.05, 3.63) is 29.8 Å². The summed E-state index contributed by atoms with van der Waals surface area (Å²) in [5, 5.41) is 0. The summed E-state index contributed by atoms with van der Waals surface area (Å²) in [6, 6.07) is 7.04. The topological polar surface area (TPSA) is 81.4 Å². The van der Waals surface area contributed by atoms with Crippen molar-refractivity contribution in [2.45, 2.75) is 25.4 Å². The molecule has 0 aromatic heterocycles. The van der Waals surface area contributed by atoms with Crippen molar-refractivity contribution in [2.75, 3.05) is 17.1 Å². The number of nitrogens with one attached hydrogen (secondary N) is 1. The van der Waals surface area contributed by atoms with Gasteiger partial charge in [0.2, 0.25) is 10.0 Å². The van der Waals surface area contributed by atoms with Crippen LogP contribution in [0.2, 0.25) is 0 Å². The van der Waals surface area contributed by atoms with Crippen LogP contribution >= 0.6 is 12.2 Å². The monoisotopic (exact) mass is 314 g/mol. The third-order valence-corrected chi connectivity index (χ3v) is 4.54. The van der Waals surface area contributed by atoms with Crippen LogP contribution in [0.3, 0.4) is 0 Å². The molecule has 2 rings (SSSR count). The molecule has 0 amide bonds. The second-order valence-corrected chi connectivity index (χ2v) is 7.15. The number of thiocarbonyl (C=S) groups is 1. The number of nitrogens with two attached hydrogens (primary N) is 1. The van der Waals surface area contributed by atoms with Gasteiger partial charge in [-0.05, 0) is 30.5 Å². The molecule has 1 aromatic rings. The first-order valence-corrected chi connectivity index (χ1v) is 8.50. The van der Waals surface area contributed by atoms with E-state index in [0.29, 0.717) is 23.7 Å². The maximum absolute atomic E-state index is 12.0. The molecule has 1 aliphatic heterocycles. The standard InChI is InChI=1S/C13H18N2O3S2/c14-13(19)8-10-3-5-11(6-4-10)15-20(16,17)9-12-2-1-7-18-12/h3-6,12,15H,1-2,7-9H2,(H2,14,19). The fraction of sp³-hybridized carbons (Fsp3) is 0.462. The van der Waals surface area contributed by atoms with Crippen LogP contribution in [0.15, 0.2) is 24.3 Å². The summed E-state index contributed by atoms with van der Waals surface area (Å²) in [5.74, 6) is 0.00162. The van der Waals surface area contributed by atoms with Crippen LogP contribution in [0.4, 0.5) is 5.69 Å². The highest BCUT2D eigenvalue weighted by atomic mass is 32.2. The number of rotatable bonds is 6. The Morgan fingerprint density at radius 3 is 2.65 bits per heavy atom. The van der Waals surface area contributed by atoms with Gasteiger partial charge in [0.25, 0.3) is 0 Å². The van der Waals surface area contributed by atoms with E-state index in [1.54, 1.807) is 12.1 Å². The van der Waals surface area contributed by atoms with Crippen molar-refractivity contribution in [3.8, 4) is 0 Å². The second-order valence-electron chi connectivity index (χ2n) is 4.86. The summed E-state index contributed by atoms with van der Waals surface area (Å²) in [6.45, 7) is 0.647. The third-order valence-electron chi connectivity index (χ3n) is 3.03. The fourth-order valence-corrected chi connectivity index (χ4v) is 3.63. The van der Waals surface area contributed by atoms with E-state index in [9.17, 15) is 8.42 Å². The Hall–Kier alpha value is -1.18. The van der Waals surface area contributed by atoms with Crippen LogP contribution < -0.4 is 10.5 Å². The molecule has 1 aliphatic rings. The zero-order valence-corrected chi connectivity index (χ0v) is 12.7. The first-order valence-electron chi connectivity index (χ1n) is 6.44. The Bertz CT molecular complexity index is 564. The van der Waals surface area contributed by atoms with Gasteiger partial charge in [-0.15, -0.1) is 0 Å². The van der Waals surface area contributed by atoms with E-state index in [1.165, 1.54) is 0 Å². The van der Waals surface area contributed by atoms with E-state index in [-0.39, 0.29) is 11.9 Å². The maximum atomic E-state index is 12.0. The molecule has 1 aromatic carbocycles. The summed E-state index contributed by atoms with van der Waals surface area (Å²) in [7, 11) is -3.38. The van der Waals surface area contributed by atoms with Gasteiger partial charge in [0.1, 0.15) is 0 Å². The Labute approximate surface area is 124 Å². The molecule has 1 unspecified atom stereocenters. The van der Waals surface area contributed by atoms with Crippen molar-refractivity contribution in [1.82, 2.24) is 0 Å². The van der Waals surface area contributed by atoms with Gasteiger partial charge in [-0.1, -0.05) is 24.4 Å². The van der Waals surface area contributed by atoms with Crippen LogP contribution in [0.25, 0.3) is 0 Å². The summed E-state index contributed by atoms with van der Waals surface area (Å²) in [6.07, 6.45) is 2.04. The van der Waals surface area contributed by atoms with Gasteiger partial charge in [0.15, 0.2) is 0 Å². The first-order chi connectivity index (χ1) is 9.44. The Morgan fingerprint density at radius 1 is 1.40 bits per heavy atom. The van der Waals surface area contributed by atoms with E-state index in [0.717, 1.165) is 18.4 Å². The number of sulfonamides is 1. The Kier molecular flexibility index (Phi) is 4.95. The zero-order chi connectivity index (χ0) is 14.6. The molecule has 0 saturated carbocycles. The van der Waals surface area contributed by atoms with Crippen molar-refractivity contribution in [3.63, 3.8) is 0 Å². The van der Waals surface area contributed by atoms with Crippen molar-refractivity contribution < 1.29 is 13.2 Å². The molecule has 1 saturated heterocycles. The minimum Gasteiger partial charge on any atom is -0.393 e. The molecule has 0 aliphatic carbocycles. The minimum atomic E-state index is -3.38. The molecule has 0 radical (unpaired) electrons. The number of anilines is 1.